The predicted octanol–water partition coefficient (Wildman–Crippen LogP) is 3.14. The average Bonchev–Trinajstić information content (AvgIpc) is 2.53. The Morgan fingerprint density at radius 1 is 1.04 bits per heavy atom. The second-order valence-corrected chi connectivity index (χ2v) is 7.43. The first-order valence-electron chi connectivity index (χ1n) is 7.61. The van der Waals surface area contributed by atoms with Gasteiger partial charge in [0, 0.05) is 0 Å². The van der Waals surface area contributed by atoms with Crippen LogP contribution in [0, 0.1) is 6.92 Å². The van der Waals surface area contributed by atoms with Crippen molar-refractivity contribution in [2.45, 2.75) is 20.4 Å². The van der Waals surface area contributed by atoms with Gasteiger partial charge in [0.2, 0.25) is 10.0 Å². The maximum Gasteiger partial charge on any atom is 0.338 e. The summed E-state index contributed by atoms with van der Waals surface area (Å²) >= 11 is 0. The van der Waals surface area contributed by atoms with Gasteiger partial charge in [-0.05, 0) is 43.7 Å². The van der Waals surface area contributed by atoms with Crippen molar-refractivity contribution in [1.82, 2.24) is 0 Å². The number of aryl methyl sites for hydroxylation is 1. The molecule has 0 saturated heterocycles. The van der Waals surface area contributed by atoms with Crippen LogP contribution in [0.5, 0.6) is 0 Å². The van der Waals surface area contributed by atoms with Gasteiger partial charge in [-0.15, -0.1) is 0 Å². The molecule has 128 valence electrons. The summed E-state index contributed by atoms with van der Waals surface area (Å²) in [5.41, 5.74) is 2.90. The maximum absolute atomic E-state index is 12.2. The average molecular weight is 347 g/mol. The number of hydrogen-bond acceptors (Lipinski definition) is 4. The molecule has 0 amide bonds. The highest BCUT2D eigenvalue weighted by molar-refractivity contribution is 7.92. The van der Waals surface area contributed by atoms with Crippen molar-refractivity contribution in [2.24, 2.45) is 0 Å². The molecule has 0 aromatic heterocycles. The molecule has 0 N–H and O–H groups in total. The molecule has 0 bridgehead atoms. The third kappa shape index (κ3) is 4.58. The highest BCUT2D eigenvalue weighted by atomic mass is 32.2. The van der Waals surface area contributed by atoms with Gasteiger partial charge >= 0.3 is 5.97 Å². The Morgan fingerprint density at radius 2 is 1.62 bits per heavy atom. The van der Waals surface area contributed by atoms with Crippen LogP contribution in [0.3, 0.4) is 0 Å². The Balaban J connectivity index is 2.28. The van der Waals surface area contributed by atoms with Crippen molar-refractivity contribution in [1.29, 1.82) is 0 Å². The minimum absolute atomic E-state index is 0.234. The molecule has 0 unspecified atom stereocenters. The highest BCUT2D eigenvalue weighted by Crippen LogP contribution is 2.21. The first kappa shape index (κ1) is 18.0. The fraction of sp³-hybridized carbons (Fsp3) is 0.278. The Hall–Kier alpha value is -2.34. The van der Waals surface area contributed by atoms with Crippen molar-refractivity contribution < 1.29 is 17.9 Å². The van der Waals surface area contributed by atoms with E-state index in [1.807, 2.05) is 31.2 Å². The van der Waals surface area contributed by atoms with Crippen LogP contribution in [-0.4, -0.2) is 27.2 Å². The van der Waals surface area contributed by atoms with Crippen molar-refractivity contribution in [3.63, 3.8) is 0 Å². The van der Waals surface area contributed by atoms with E-state index in [1.165, 1.54) is 10.6 Å². The number of ether oxygens (including phenoxy) is 1. The van der Waals surface area contributed by atoms with Gasteiger partial charge in [0.1, 0.15) is 0 Å². The van der Waals surface area contributed by atoms with E-state index < -0.39 is 16.0 Å². The predicted molar refractivity (Wildman–Crippen MR) is 94.6 cm³/mol. The first-order valence-corrected chi connectivity index (χ1v) is 9.46. The summed E-state index contributed by atoms with van der Waals surface area (Å²) in [5, 5.41) is 0. The summed E-state index contributed by atoms with van der Waals surface area (Å²) in [6, 6.07) is 14.1. The Kier molecular flexibility index (Phi) is 5.62. The number of rotatable bonds is 6. The number of carbonyl (C=O) groups is 1. The molecule has 24 heavy (non-hydrogen) atoms. The zero-order chi connectivity index (χ0) is 17.7. The number of benzene rings is 2. The van der Waals surface area contributed by atoms with Crippen molar-refractivity contribution in [3.05, 3.63) is 65.2 Å². The van der Waals surface area contributed by atoms with Crippen LogP contribution in [0.25, 0.3) is 0 Å². The number of nitrogens with zero attached hydrogens (tertiary/aromatic N) is 1. The largest absolute Gasteiger partial charge is 0.462 e. The molecule has 2 aromatic carbocycles. The van der Waals surface area contributed by atoms with Gasteiger partial charge in [-0.25, -0.2) is 13.2 Å². The zero-order valence-corrected chi connectivity index (χ0v) is 14.8. The SMILES string of the molecule is CCOC(=O)c1ccc(N(Cc2ccc(C)cc2)S(C)(=O)=O)cc1. The molecule has 0 aliphatic carbocycles. The van der Waals surface area contributed by atoms with Gasteiger partial charge < -0.3 is 4.74 Å². The van der Waals surface area contributed by atoms with Gasteiger partial charge in [-0.1, -0.05) is 29.8 Å². The monoisotopic (exact) mass is 347 g/mol. The third-order valence-corrected chi connectivity index (χ3v) is 4.65. The van der Waals surface area contributed by atoms with E-state index in [1.54, 1.807) is 31.2 Å². The smallest absolute Gasteiger partial charge is 0.338 e. The number of anilines is 1. The number of sulfonamides is 1. The van der Waals surface area contributed by atoms with E-state index >= 15 is 0 Å². The first-order chi connectivity index (χ1) is 11.3. The van der Waals surface area contributed by atoms with Gasteiger partial charge in [-0.3, -0.25) is 4.31 Å². The lowest BCUT2D eigenvalue weighted by Gasteiger charge is -2.22. The van der Waals surface area contributed by atoms with Crippen LogP contribution < -0.4 is 4.31 Å². The molecule has 0 heterocycles. The maximum atomic E-state index is 12.2. The summed E-state index contributed by atoms with van der Waals surface area (Å²) in [6.07, 6.45) is 1.17. The Bertz CT molecular complexity index is 796. The van der Waals surface area contributed by atoms with Crippen LogP contribution >= 0.6 is 0 Å². The van der Waals surface area contributed by atoms with E-state index in [-0.39, 0.29) is 6.54 Å². The summed E-state index contributed by atoms with van der Waals surface area (Å²) in [6.45, 7) is 4.24. The molecule has 0 aliphatic heterocycles. The quantitative estimate of drug-likeness (QED) is 0.753. The lowest BCUT2D eigenvalue weighted by molar-refractivity contribution is 0.0526. The molecular weight excluding hydrogens is 326 g/mol. The lowest BCUT2D eigenvalue weighted by atomic mass is 10.1. The van der Waals surface area contributed by atoms with Crippen LogP contribution in [0.1, 0.15) is 28.4 Å². The number of esters is 1. The minimum atomic E-state index is -3.45. The fourth-order valence-corrected chi connectivity index (χ4v) is 3.13. The molecule has 6 heteroatoms. The molecule has 5 nitrogen and oxygen atoms in total. The van der Waals surface area contributed by atoms with Gasteiger partial charge in [0.05, 0.1) is 30.7 Å². The molecule has 0 atom stereocenters. The molecule has 0 spiro atoms. The van der Waals surface area contributed by atoms with Crippen LogP contribution in [0.15, 0.2) is 48.5 Å². The van der Waals surface area contributed by atoms with Crippen molar-refractivity contribution in [3.8, 4) is 0 Å². The topological polar surface area (TPSA) is 63.7 Å². The number of carbonyl (C=O) groups excluding carboxylic acids is 1. The fourth-order valence-electron chi connectivity index (χ4n) is 2.24. The molecule has 0 saturated carbocycles. The molecule has 0 aliphatic rings. The summed E-state index contributed by atoms with van der Waals surface area (Å²) in [4.78, 5) is 11.7. The van der Waals surface area contributed by atoms with E-state index in [0.717, 1.165) is 11.1 Å². The Labute approximate surface area is 142 Å². The van der Waals surface area contributed by atoms with Gasteiger partial charge in [-0.2, -0.15) is 0 Å². The normalized spacial score (nSPS) is 11.1. The molecule has 2 rings (SSSR count). The summed E-state index contributed by atoms with van der Waals surface area (Å²) in [7, 11) is -3.45. The second-order valence-electron chi connectivity index (χ2n) is 5.52. The van der Waals surface area contributed by atoms with Crippen molar-refractivity contribution >= 4 is 21.7 Å². The molecule has 2 aromatic rings. The van der Waals surface area contributed by atoms with Crippen LogP contribution in [0.2, 0.25) is 0 Å². The second kappa shape index (κ2) is 7.49. The van der Waals surface area contributed by atoms with E-state index in [9.17, 15) is 13.2 Å². The van der Waals surface area contributed by atoms with E-state index in [2.05, 4.69) is 0 Å². The van der Waals surface area contributed by atoms with Crippen molar-refractivity contribution in [2.75, 3.05) is 17.2 Å². The standard InChI is InChI=1S/C18H21NO4S/c1-4-23-18(20)16-9-11-17(12-10-16)19(24(3,21)22)13-15-7-5-14(2)6-8-15/h5-12H,4,13H2,1-3H3. The van der Waals surface area contributed by atoms with Crippen LogP contribution in [0.4, 0.5) is 5.69 Å². The van der Waals surface area contributed by atoms with E-state index in [4.69, 9.17) is 4.74 Å². The molecule has 0 radical (unpaired) electrons. The molecule has 0 fully saturated rings. The van der Waals surface area contributed by atoms with Gasteiger partial charge in [0.25, 0.3) is 0 Å². The minimum Gasteiger partial charge on any atom is -0.462 e. The number of hydrogen-bond donors (Lipinski definition) is 0. The summed E-state index contributed by atoms with van der Waals surface area (Å²) < 4.78 is 30.6. The van der Waals surface area contributed by atoms with Crippen LogP contribution in [-0.2, 0) is 21.3 Å². The zero-order valence-electron chi connectivity index (χ0n) is 14.0. The van der Waals surface area contributed by atoms with E-state index in [0.29, 0.717) is 17.9 Å². The third-order valence-electron chi connectivity index (χ3n) is 3.51. The lowest BCUT2D eigenvalue weighted by Crippen LogP contribution is -2.29. The summed E-state index contributed by atoms with van der Waals surface area (Å²) in [5.74, 6) is -0.423. The van der Waals surface area contributed by atoms with Gasteiger partial charge in [0.15, 0.2) is 0 Å². The molecular formula is C18H21NO4S. The Morgan fingerprint density at radius 3 is 2.12 bits per heavy atom. The highest BCUT2D eigenvalue weighted by Gasteiger charge is 2.18.